The van der Waals surface area contributed by atoms with Crippen molar-refractivity contribution in [1.82, 2.24) is 15.6 Å². The predicted molar refractivity (Wildman–Crippen MR) is 121 cm³/mol. The fourth-order valence-electron chi connectivity index (χ4n) is 2.75. The molecule has 1 aromatic heterocycles. The van der Waals surface area contributed by atoms with Crippen LogP contribution >= 0.6 is 24.0 Å². The van der Waals surface area contributed by atoms with Crippen molar-refractivity contribution >= 4 is 29.9 Å². The van der Waals surface area contributed by atoms with Crippen LogP contribution in [0.2, 0.25) is 0 Å². The Kier molecular flexibility index (Phi) is 8.95. The van der Waals surface area contributed by atoms with E-state index in [1.807, 2.05) is 31.3 Å². The van der Waals surface area contributed by atoms with Crippen LogP contribution in [-0.4, -0.2) is 31.1 Å². The number of aromatic nitrogens is 1. The van der Waals surface area contributed by atoms with E-state index in [-0.39, 0.29) is 29.8 Å². The van der Waals surface area contributed by atoms with Crippen LogP contribution in [0.5, 0.6) is 5.88 Å². The summed E-state index contributed by atoms with van der Waals surface area (Å²) in [5.41, 5.74) is 3.16. The first kappa shape index (κ1) is 22.4. The molecule has 0 saturated heterocycles. The minimum atomic E-state index is -0.195. The van der Waals surface area contributed by atoms with Crippen LogP contribution in [0.1, 0.15) is 29.5 Å². The van der Waals surface area contributed by atoms with Gasteiger partial charge in [0.25, 0.3) is 0 Å². The molecule has 1 aromatic carbocycles. The van der Waals surface area contributed by atoms with Crippen LogP contribution in [0, 0.1) is 18.7 Å². The van der Waals surface area contributed by atoms with Crippen molar-refractivity contribution in [2.24, 2.45) is 10.9 Å². The molecule has 0 atom stereocenters. The normalized spacial score (nSPS) is 13.6. The van der Waals surface area contributed by atoms with Crippen molar-refractivity contribution in [3.63, 3.8) is 0 Å². The van der Waals surface area contributed by atoms with Gasteiger partial charge in [0.1, 0.15) is 5.82 Å². The fourth-order valence-corrected chi connectivity index (χ4v) is 2.75. The Balaban J connectivity index is 0.00000280. The lowest BCUT2D eigenvalue weighted by Gasteiger charge is -2.13. The molecule has 0 amide bonds. The molecule has 3 rings (SSSR count). The van der Waals surface area contributed by atoms with Gasteiger partial charge in [0, 0.05) is 32.4 Å². The van der Waals surface area contributed by atoms with E-state index in [9.17, 15) is 4.39 Å². The molecule has 0 aliphatic heterocycles. The van der Waals surface area contributed by atoms with Gasteiger partial charge in [-0.3, -0.25) is 4.99 Å². The maximum atomic E-state index is 13.2. The van der Waals surface area contributed by atoms with E-state index in [2.05, 4.69) is 20.6 Å². The largest absolute Gasteiger partial charge is 0.477 e. The van der Waals surface area contributed by atoms with Crippen molar-refractivity contribution in [2.45, 2.75) is 32.7 Å². The zero-order valence-electron chi connectivity index (χ0n) is 16.4. The lowest BCUT2D eigenvalue weighted by molar-refractivity contribution is 0.288. The number of hydrogen-bond acceptors (Lipinski definition) is 3. The van der Waals surface area contributed by atoms with E-state index in [0.29, 0.717) is 12.4 Å². The molecule has 1 saturated carbocycles. The molecule has 7 heteroatoms. The summed E-state index contributed by atoms with van der Waals surface area (Å²) in [7, 11) is 1.74. The minimum Gasteiger partial charge on any atom is -0.477 e. The van der Waals surface area contributed by atoms with Crippen LogP contribution in [0.4, 0.5) is 4.39 Å². The van der Waals surface area contributed by atoms with Crippen molar-refractivity contribution < 1.29 is 9.13 Å². The van der Waals surface area contributed by atoms with Crippen LogP contribution in [-0.2, 0) is 13.0 Å². The molecule has 1 aliphatic carbocycles. The molecule has 152 valence electrons. The van der Waals surface area contributed by atoms with Gasteiger partial charge >= 0.3 is 0 Å². The number of benzene rings is 1. The number of nitrogens with one attached hydrogen (secondary N) is 2. The second-order valence-electron chi connectivity index (χ2n) is 6.93. The summed E-state index contributed by atoms with van der Waals surface area (Å²) in [4.78, 5) is 8.58. The Hall–Kier alpha value is -1.90. The van der Waals surface area contributed by atoms with Gasteiger partial charge in [-0.05, 0) is 60.9 Å². The molecular weight excluding hydrogens is 470 g/mol. The maximum absolute atomic E-state index is 13.2. The highest BCUT2D eigenvalue weighted by Gasteiger charge is 2.22. The van der Waals surface area contributed by atoms with Gasteiger partial charge in [-0.15, -0.1) is 24.0 Å². The second kappa shape index (κ2) is 11.2. The predicted octanol–water partition coefficient (Wildman–Crippen LogP) is 3.84. The average molecular weight is 498 g/mol. The smallest absolute Gasteiger partial charge is 0.213 e. The lowest BCUT2D eigenvalue weighted by atomic mass is 10.1. The highest BCUT2D eigenvalue weighted by molar-refractivity contribution is 14.0. The third-order valence-electron chi connectivity index (χ3n) is 4.64. The molecule has 2 aromatic rings. The Bertz CT molecular complexity index is 778. The SMILES string of the molecule is CN=C(NCCc1ccc(F)cc1C)NCc1ccc(OCC2CC2)nc1.I. The first-order valence-electron chi connectivity index (χ1n) is 9.41. The number of pyridine rings is 1. The molecule has 0 unspecified atom stereocenters. The van der Waals surface area contributed by atoms with Crippen LogP contribution in [0.15, 0.2) is 41.5 Å². The number of hydrogen-bond donors (Lipinski definition) is 2. The van der Waals surface area contributed by atoms with E-state index in [1.54, 1.807) is 13.1 Å². The quantitative estimate of drug-likeness (QED) is 0.330. The molecule has 5 nitrogen and oxygen atoms in total. The summed E-state index contributed by atoms with van der Waals surface area (Å²) in [6, 6.07) is 8.82. The zero-order chi connectivity index (χ0) is 19.1. The number of ether oxygens (including phenoxy) is 1. The van der Waals surface area contributed by atoms with E-state index < -0.39 is 0 Å². The number of halogens is 2. The topological polar surface area (TPSA) is 58.5 Å². The van der Waals surface area contributed by atoms with Gasteiger partial charge in [0.05, 0.1) is 6.61 Å². The van der Waals surface area contributed by atoms with E-state index >= 15 is 0 Å². The highest BCUT2D eigenvalue weighted by Crippen LogP contribution is 2.29. The Labute approximate surface area is 183 Å². The monoisotopic (exact) mass is 498 g/mol. The second-order valence-corrected chi connectivity index (χ2v) is 6.93. The summed E-state index contributed by atoms with van der Waals surface area (Å²) in [5.74, 6) is 1.94. The van der Waals surface area contributed by atoms with Gasteiger partial charge < -0.3 is 15.4 Å². The van der Waals surface area contributed by atoms with Crippen molar-refractivity contribution in [3.8, 4) is 5.88 Å². The summed E-state index contributed by atoms with van der Waals surface area (Å²) in [6.45, 7) is 4.05. The van der Waals surface area contributed by atoms with Crippen LogP contribution in [0.3, 0.4) is 0 Å². The van der Waals surface area contributed by atoms with Gasteiger partial charge in [0.15, 0.2) is 5.96 Å². The molecular formula is C21H28FIN4O. The zero-order valence-corrected chi connectivity index (χ0v) is 18.7. The molecule has 0 spiro atoms. The number of rotatable bonds is 8. The number of aliphatic imine (C=N–C) groups is 1. The Morgan fingerprint density at radius 3 is 2.71 bits per heavy atom. The fraction of sp³-hybridized carbons (Fsp3) is 0.429. The van der Waals surface area contributed by atoms with Gasteiger partial charge in [0.2, 0.25) is 5.88 Å². The number of aryl methyl sites for hydroxylation is 1. The third-order valence-corrected chi connectivity index (χ3v) is 4.64. The van der Waals surface area contributed by atoms with Gasteiger partial charge in [-0.1, -0.05) is 12.1 Å². The first-order valence-corrected chi connectivity index (χ1v) is 9.41. The summed E-state index contributed by atoms with van der Waals surface area (Å²) in [5, 5.41) is 6.55. The maximum Gasteiger partial charge on any atom is 0.213 e. The molecule has 0 bridgehead atoms. The van der Waals surface area contributed by atoms with E-state index in [0.717, 1.165) is 48.1 Å². The lowest BCUT2D eigenvalue weighted by Crippen LogP contribution is -2.37. The number of guanidine groups is 1. The van der Waals surface area contributed by atoms with E-state index in [4.69, 9.17) is 4.74 Å². The van der Waals surface area contributed by atoms with Gasteiger partial charge in [-0.25, -0.2) is 9.37 Å². The van der Waals surface area contributed by atoms with Gasteiger partial charge in [-0.2, -0.15) is 0 Å². The van der Waals surface area contributed by atoms with Crippen molar-refractivity contribution in [1.29, 1.82) is 0 Å². The summed E-state index contributed by atoms with van der Waals surface area (Å²) < 4.78 is 18.8. The number of nitrogens with zero attached hydrogens (tertiary/aromatic N) is 2. The molecule has 0 radical (unpaired) electrons. The van der Waals surface area contributed by atoms with Crippen molar-refractivity contribution in [3.05, 3.63) is 59.0 Å². The third kappa shape index (κ3) is 7.26. The van der Waals surface area contributed by atoms with Crippen molar-refractivity contribution in [2.75, 3.05) is 20.2 Å². The molecule has 28 heavy (non-hydrogen) atoms. The molecule has 2 N–H and O–H groups in total. The summed E-state index contributed by atoms with van der Waals surface area (Å²) >= 11 is 0. The van der Waals surface area contributed by atoms with Crippen LogP contribution < -0.4 is 15.4 Å². The standard InChI is InChI=1S/C21H27FN4O.HI/c1-15-11-19(22)7-6-18(15)9-10-24-21(23-2)26-13-17-5-8-20(25-12-17)27-14-16-3-4-16;/h5-8,11-12,16H,3-4,9-10,13-14H2,1-2H3,(H2,23,24,26);1H. The average Bonchev–Trinajstić information content (AvgIpc) is 3.50. The molecule has 1 heterocycles. The first-order chi connectivity index (χ1) is 13.1. The minimum absolute atomic E-state index is 0. The Morgan fingerprint density at radius 1 is 1.25 bits per heavy atom. The van der Waals surface area contributed by atoms with Crippen LogP contribution in [0.25, 0.3) is 0 Å². The van der Waals surface area contributed by atoms with E-state index in [1.165, 1.54) is 18.9 Å². The Morgan fingerprint density at radius 2 is 2.07 bits per heavy atom. The highest BCUT2D eigenvalue weighted by atomic mass is 127. The summed E-state index contributed by atoms with van der Waals surface area (Å²) in [6.07, 6.45) is 5.18. The molecule has 1 aliphatic rings. The molecule has 1 fully saturated rings.